The molecule has 2 unspecified atom stereocenters. The molecule has 0 aromatic carbocycles. The Morgan fingerprint density at radius 2 is 1.97 bits per heavy atom. The van der Waals surface area contributed by atoms with Crippen LogP contribution >= 0.6 is 0 Å². The van der Waals surface area contributed by atoms with E-state index in [4.69, 9.17) is 4.74 Å². The number of esters is 1. The fraction of sp³-hybridized carbons (Fsp3) is 0.739. The molecule has 0 heterocycles. The maximum atomic E-state index is 12.4. The van der Waals surface area contributed by atoms with Crippen LogP contribution in [0, 0.1) is 23.7 Å². The van der Waals surface area contributed by atoms with Crippen molar-refractivity contribution >= 4 is 11.9 Å². The maximum Gasteiger partial charge on any atom is 1.00 e. The summed E-state index contributed by atoms with van der Waals surface area (Å²) in [5.41, 5.74) is 0.949. The van der Waals surface area contributed by atoms with Gasteiger partial charge in [-0.1, -0.05) is 39.0 Å². The van der Waals surface area contributed by atoms with Gasteiger partial charge in [-0.2, -0.15) is 0 Å². The summed E-state index contributed by atoms with van der Waals surface area (Å²) < 4.78 is 5.83. The van der Waals surface area contributed by atoms with Crippen LogP contribution in [0.2, 0.25) is 0 Å². The van der Waals surface area contributed by atoms with E-state index in [9.17, 15) is 30.0 Å². The number of hydrogen-bond acceptors (Lipinski definition) is 7. The zero-order chi connectivity index (χ0) is 22.4. The van der Waals surface area contributed by atoms with E-state index in [-0.39, 0.29) is 65.6 Å². The molecule has 0 aromatic rings. The van der Waals surface area contributed by atoms with Gasteiger partial charge in [0, 0.05) is 24.7 Å². The molecule has 170 valence electrons. The Hall–Kier alpha value is -0.700. The number of aliphatic hydroxyl groups is 3. The van der Waals surface area contributed by atoms with Gasteiger partial charge in [-0.05, 0) is 43.1 Å². The molecule has 0 fully saturated rings. The number of rotatable bonds is 10. The quantitative estimate of drug-likeness (QED) is 0.265. The summed E-state index contributed by atoms with van der Waals surface area (Å²) in [4.78, 5) is 23.0. The van der Waals surface area contributed by atoms with Crippen LogP contribution in [0.25, 0.3) is 0 Å². The zero-order valence-electron chi connectivity index (χ0n) is 19.1. The maximum absolute atomic E-state index is 12.4. The number of fused-ring (bicyclic) bond motifs is 1. The van der Waals surface area contributed by atoms with Crippen LogP contribution in [-0.4, -0.2) is 51.7 Å². The molecule has 0 saturated heterocycles. The number of allylic oxidation sites excluding steroid dienone is 2. The summed E-state index contributed by atoms with van der Waals surface area (Å²) in [6.45, 7) is 5.83. The number of carboxylic acids is 1. The molecule has 31 heavy (non-hydrogen) atoms. The van der Waals surface area contributed by atoms with Crippen molar-refractivity contribution in [2.24, 2.45) is 23.7 Å². The average Bonchev–Trinajstić information content (AvgIpc) is 2.65. The van der Waals surface area contributed by atoms with Crippen LogP contribution in [0.1, 0.15) is 59.3 Å². The minimum Gasteiger partial charge on any atom is -0.550 e. The van der Waals surface area contributed by atoms with Gasteiger partial charge in [0.05, 0.1) is 24.2 Å². The van der Waals surface area contributed by atoms with Crippen molar-refractivity contribution in [3.8, 4) is 0 Å². The molecule has 8 heteroatoms. The third-order valence-corrected chi connectivity index (χ3v) is 6.43. The minimum atomic E-state index is -1.35. The second-order valence-corrected chi connectivity index (χ2v) is 8.86. The van der Waals surface area contributed by atoms with Gasteiger partial charge in [0.25, 0.3) is 0 Å². The Morgan fingerprint density at radius 1 is 1.29 bits per heavy atom. The summed E-state index contributed by atoms with van der Waals surface area (Å²) in [6, 6.07) is 0. The van der Waals surface area contributed by atoms with Crippen LogP contribution < -0.4 is 34.7 Å². The predicted octanol–water partition coefficient (Wildman–Crippen LogP) is -1.89. The molecule has 0 spiro atoms. The standard InChI is InChI=1S/C23H36O7.Na/c1-4-13(2)23(29)30-20-11-17(25)9-15-6-5-14(3)19(22(15)20)8-7-16(24)10-18(26)12-21(27)28;/h5-6,9,13-14,16-20,22,24-26H,4,7-8,10-12H2,1-3H3,(H,27,28);/q;+1/p-1/t13-,14-,16+,17+,18+,19?,20-,22?;/m0./s1. The van der Waals surface area contributed by atoms with E-state index in [1.807, 2.05) is 26.0 Å². The minimum absolute atomic E-state index is 0. The van der Waals surface area contributed by atoms with Crippen molar-refractivity contribution in [3.63, 3.8) is 0 Å². The van der Waals surface area contributed by atoms with Gasteiger partial charge in [0.1, 0.15) is 6.10 Å². The fourth-order valence-electron chi connectivity index (χ4n) is 4.51. The van der Waals surface area contributed by atoms with Crippen LogP contribution in [-0.2, 0) is 14.3 Å². The van der Waals surface area contributed by atoms with Gasteiger partial charge in [-0.15, -0.1) is 0 Å². The van der Waals surface area contributed by atoms with Crippen molar-refractivity contribution in [1.82, 2.24) is 0 Å². The molecule has 2 rings (SSSR count). The molecule has 7 nitrogen and oxygen atoms in total. The van der Waals surface area contributed by atoms with Crippen LogP contribution in [0.15, 0.2) is 23.8 Å². The van der Waals surface area contributed by atoms with Gasteiger partial charge in [-0.25, -0.2) is 0 Å². The number of hydrogen-bond donors (Lipinski definition) is 3. The second kappa shape index (κ2) is 13.1. The number of carboxylic acid groups (broad SMARTS) is 1. The van der Waals surface area contributed by atoms with Crippen molar-refractivity contribution in [2.45, 2.75) is 83.7 Å². The van der Waals surface area contributed by atoms with Crippen molar-refractivity contribution in [2.75, 3.05) is 0 Å². The van der Waals surface area contributed by atoms with Crippen LogP contribution in [0.3, 0.4) is 0 Å². The first-order valence-corrected chi connectivity index (χ1v) is 11.0. The molecule has 0 bridgehead atoms. The van der Waals surface area contributed by atoms with Crippen LogP contribution in [0.5, 0.6) is 0 Å². The first-order chi connectivity index (χ1) is 14.1. The molecule has 0 amide bonds. The fourth-order valence-corrected chi connectivity index (χ4v) is 4.51. The molecule has 0 aliphatic heterocycles. The van der Waals surface area contributed by atoms with E-state index in [0.29, 0.717) is 25.7 Å². The van der Waals surface area contributed by atoms with E-state index in [2.05, 4.69) is 13.0 Å². The molecule has 3 N–H and O–H groups in total. The summed E-state index contributed by atoms with van der Waals surface area (Å²) in [7, 11) is 0. The second-order valence-electron chi connectivity index (χ2n) is 8.86. The molecule has 2 aliphatic rings. The van der Waals surface area contributed by atoms with E-state index < -0.39 is 36.8 Å². The molecule has 0 aromatic heterocycles. The van der Waals surface area contributed by atoms with E-state index in [0.717, 1.165) is 5.57 Å². The van der Waals surface area contributed by atoms with E-state index in [1.54, 1.807) is 0 Å². The smallest absolute Gasteiger partial charge is 0.550 e. The van der Waals surface area contributed by atoms with Gasteiger partial charge < -0.3 is 30.0 Å². The topological polar surface area (TPSA) is 127 Å². The summed E-state index contributed by atoms with van der Waals surface area (Å²) in [5.74, 6) is -1.60. The Bertz CT molecular complexity index is 662. The van der Waals surface area contributed by atoms with Gasteiger partial charge in [0.2, 0.25) is 0 Å². The third-order valence-electron chi connectivity index (χ3n) is 6.43. The summed E-state index contributed by atoms with van der Waals surface area (Å²) in [6.07, 6.45) is 4.31. The summed E-state index contributed by atoms with van der Waals surface area (Å²) in [5, 5.41) is 40.8. The molecule has 2 aliphatic carbocycles. The molecule has 0 radical (unpaired) electrons. The molecular weight excluding hydrogens is 411 g/mol. The van der Waals surface area contributed by atoms with Gasteiger partial charge in [0.15, 0.2) is 0 Å². The van der Waals surface area contributed by atoms with Crippen molar-refractivity contribution in [3.05, 3.63) is 23.8 Å². The van der Waals surface area contributed by atoms with Gasteiger partial charge in [-0.3, -0.25) is 4.79 Å². The van der Waals surface area contributed by atoms with Crippen molar-refractivity contribution < 1.29 is 64.3 Å². The number of aliphatic carboxylic acids is 1. The van der Waals surface area contributed by atoms with Crippen LogP contribution in [0.4, 0.5) is 0 Å². The molecular formula is C23H35NaO7. The third kappa shape index (κ3) is 8.30. The number of carbonyl (C=O) groups is 2. The number of carbonyl (C=O) groups excluding carboxylic acids is 2. The average molecular weight is 447 g/mol. The Morgan fingerprint density at radius 3 is 2.58 bits per heavy atom. The number of aliphatic hydroxyl groups excluding tert-OH is 3. The molecule has 8 atom stereocenters. The Labute approximate surface area is 206 Å². The first-order valence-electron chi connectivity index (χ1n) is 11.0. The summed E-state index contributed by atoms with van der Waals surface area (Å²) >= 11 is 0. The van der Waals surface area contributed by atoms with E-state index in [1.165, 1.54) is 0 Å². The SMILES string of the molecule is CC[C@H](C)C(=O)O[C@H]1C[C@H](O)C=C2C=C[C@H](C)C(CC[C@@H](O)C[C@@H](O)CC(=O)[O-])C21.[Na+]. The van der Waals surface area contributed by atoms with Gasteiger partial charge >= 0.3 is 35.5 Å². The predicted molar refractivity (Wildman–Crippen MR) is 109 cm³/mol. The number of ether oxygens (including phenoxy) is 1. The normalized spacial score (nSPS) is 30.3. The molecule has 0 saturated carbocycles. The van der Waals surface area contributed by atoms with Crippen molar-refractivity contribution in [1.29, 1.82) is 0 Å². The first kappa shape index (κ1) is 28.3. The Kier molecular flexibility index (Phi) is 12.0. The Balaban J connectivity index is 0.00000480. The monoisotopic (exact) mass is 446 g/mol. The zero-order valence-corrected chi connectivity index (χ0v) is 21.1. The largest absolute Gasteiger partial charge is 1.00 e. The van der Waals surface area contributed by atoms with E-state index >= 15 is 0 Å².